The fourth-order valence-corrected chi connectivity index (χ4v) is 5.09. The summed E-state index contributed by atoms with van der Waals surface area (Å²) in [6.45, 7) is 1.06. The van der Waals surface area contributed by atoms with Crippen molar-refractivity contribution < 1.29 is 0 Å². The molecule has 0 spiro atoms. The van der Waals surface area contributed by atoms with Gasteiger partial charge < -0.3 is 5.32 Å². The Bertz CT molecular complexity index is 1370. The van der Waals surface area contributed by atoms with Crippen molar-refractivity contribution in [2.45, 2.75) is 18.9 Å². The lowest BCUT2D eigenvalue weighted by molar-refractivity contribution is 0.504. The zero-order valence-electron chi connectivity index (χ0n) is 16.4. The van der Waals surface area contributed by atoms with E-state index < -0.39 is 0 Å². The first kappa shape index (κ1) is 16.8. The van der Waals surface area contributed by atoms with Gasteiger partial charge in [0.05, 0.1) is 0 Å². The summed E-state index contributed by atoms with van der Waals surface area (Å²) in [5.41, 5.74) is 4.38. The summed E-state index contributed by atoms with van der Waals surface area (Å²) in [7, 11) is 0. The van der Waals surface area contributed by atoms with Gasteiger partial charge in [-0.15, -0.1) is 0 Å². The third-order valence-electron chi connectivity index (χ3n) is 6.51. The number of nitrogens with one attached hydrogen (secondary N) is 1. The van der Waals surface area contributed by atoms with E-state index in [0.29, 0.717) is 6.04 Å². The molecule has 0 saturated heterocycles. The lowest BCUT2D eigenvalue weighted by Crippen LogP contribution is -2.31. The highest BCUT2D eigenvalue weighted by Gasteiger charge is 2.20. The smallest absolute Gasteiger partial charge is 0.0363 e. The maximum atomic E-state index is 3.75. The normalized spacial score (nSPS) is 16.3. The van der Waals surface area contributed by atoms with E-state index in [1.165, 1.54) is 49.0 Å². The maximum absolute atomic E-state index is 3.75. The average Bonchev–Trinajstić information content (AvgIpc) is 2.79. The van der Waals surface area contributed by atoms with Crippen LogP contribution in [-0.4, -0.2) is 6.54 Å². The van der Waals surface area contributed by atoms with Gasteiger partial charge in [-0.25, -0.2) is 0 Å². The van der Waals surface area contributed by atoms with Crippen molar-refractivity contribution in [3.8, 4) is 0 Å². The number of hydrogen-bond donors (Lipinski definition) is 1. The molecule has 0 aliphatic carbocycles. The molecule has 0 saturated carbocycles. The van der Waals surface area contributed by atoms with E-state index >= 15 is 0 Å². The van der Waals surface area contributed by atoms with Crippen LogP contribution >= 0.6 is 0 Å². The molecule has 29 heavy (non-hydrogen) atoms. The quantitative estimate of drug-likeness (QED) is 0.345. The highest BCUT2D eigenvalue weighted by atomic mass is 14.9. The molecule has 0 fully saturated rings. The second kappa shape index (κ2) is 6.72. The highest BCUT2D eigenvalue weighted by Crippen LogP contribution is 2.34. The number of rotatable bonds is 2. The van der Waals surface area contributed by atoms with Gasteiger partial charge in [0.15, 0.2) is 0 Å². The molecule has 5 aromatic rings. The third kappa shape index (κ3) is 2.73. The Morgan fingerprint density at radius 3 is 2.34 bits per heavy atom. The van der Waals surface area contributed by atoms with Gasteiger partial charge in [-0.05, 0) is 68.4 Å². The summed E-state index contributed by atoms with van der Waals surface area (Å²) in [4.78, 5) is 0. The summed E-state index contributed by atoms with van der Waals surface area (Å²) in [6, 6.07) is 33.9. The molecule has 0 unspecified atom stereocenters. The summed E-state index contributed by atoms with van der Waals surface area (Å²) in [5, 5.41) is 11.8. The van der Waals surface area contributed by atoms with Crippen LogP contribution in [0.15, 0.2) is 91.0 Å². The van der Waals surface area contributed by atoms with Crippen molar-refractivity contribution in [3.63, 3.8) is 0 Å². The summed E-state index contributed by atoms with van der Waals surface area (Å²) >= 11 is 0. The van der Waals surface area contributed by atoms with Crippen LogP contribution in [0.25, 0.3) is 32.3 Å². The first-order valence-corrected chi connectivity index (χ1v) is 10.5. The molecule has 1 nitrogen and oxygen atoms in total. The molecule has 1 heteroatoms. The molecule has 0 amide bonds. The van der Waals surface area contributed by atoms with E-state index in [4.69, 9.17) is 0 Å². The lowest BCUT2D eigenvalue weighted by atomic mass is 9.88. The fourth-order valence-electron chi connectivity index (χ4n) is 5.09. The first-order valence-electron chi connectivity index (χ1n) is 10.5. The standard InChI is InChI=1S/C28H23N/c1-3-9-22-19(6-1)12-13-27-25-11-5-8-21(23(25)14-15-26(22)27)18-28-24-10-4-2-7-20(24)16-17-29-28/h1-15,28-29H,16-18H2/t28-/m1/s1. The second-order valence-electron chi connectivity index (χ2n) is 8.12. The minimum Gasteiger partial charge on any atom is -0.309 e. The van der Waals surface area contributed by atoms with Crippen LogP contribution in [0.2, 0.25) is 0 Å². The fraction of sp³-hybridized carbons (Fsp3) is 0.143. The van der Waals surface area contributed by atoms with Crippen molar-refractivity contribution in [2.75, 3.05) is 6.54 Å². The molecule has 1 atom stereocenters. The van der Waals surface area contributed by atoms with Gasteiger partial charge in [0.25, 0.3) is 0 Å². The largest absolute Gasteiger partial charge is 0.309 e. The molecule has 1 aliphatic rings. The van der Waals surface area contributed by atoms with Crippen LogP contribution in [0, 0.1) is 0 Å². The summed E-state index contributed by atoms with van der Waals surface area (Å²) in [6.07, 6.45) is 2.15. The van der Waals surface area contributed by atoms with E-state index in [2.05, 4.69) is 96.3 Å². The van der Waals surface area contributed by atoms with Crippen molar-refractivity contribution in [2.24, 2.45) is 0 Å². The monoisotopic (exact) mass is 373 g/mol. The third-order valence-corrected chi connectivity index (χ3v) is 6.51. The predicted octanol–water partition coefficient (Wildman–Crippen LogP) is 6.58. The molecular formula is C28H23N. The summed E-state index contributed by atoms with van der Waals surface area (Å²) in [5.74, 6) is 0. The van der Waals surface area contributed by atoms with E-state index in [1.54, 1.807) is 0 Å². The number of benzene rings is 5. The number of fused-ring (bicyclic) bond motifs is 6. The van der Waals surface area contributed by atoms with Gasteiger partial charge in [-0.3, -0.25) is 0 Å². The van der Waals surface area contributed by atoms with Crippen LogP contribution < -0.4 is 5.32 Å². The van der Waals surface area contributed by atoms with Crippen molar-refractivity contribution in [1.29, 1.82) is 0 Å². The molecule has 1 N–H and O–H groups in total. The zero-order chi connectivity index (χ0) is 19.2. The summed E-state index contributed by atoms with van der Waals surface area (Å²) < 4.78 is 0. The topological polar surface area (TPSA) is 12.0 Å². The van der Waals surface area contributed by atoms with Gasteiger partial charge in [0.2, 0.25) is 0 Å². The molecule has 5 aromatic carbocycles. The minimum absolute atomic E-state index is 0.387. The molecule has 0 bridgehead atoms. The molecule has 1 aliphatic heterocycles. The highest BCUT2D eigenvalue weighted by molar-refractivity contribution is 6.17. The van der Waals surface area contributed by atoms with Crippen LogP contribution in [0.4, 0.5) is 0 Å². The Morgan fingerprint density at radius 1 is 0.621 bits per heavy atom. The minimum atomic E-state index is 0.387. The first-order chi connectivity index (χ1) is 14.4. The second-order valence-corrected chi connectivity index (χ2v) is 8.12. The molecule has 0 aromatic heterocycles. The molecular weight excluding hydrogens is 350 g/mol. The van der Waals surface area contributed by atoms with Crippen molar-refractivity contribution in [1.82, 2.24) is 5.32 Å². The maximum Gasteiger partial charge on any atom is 0.0363 e. The Morgan fingerprint density at radius 2 is 1.34 bits per heavy atom. The molecule has 140 valence electrons. The van der Waals surface area contributed by atoms with Gasteiger partial charge in [-0.2, -0.15) is 0 Å². The van der Waals surface area contributed by atoms with E-state index in [9.17, 15) is 0 Å². The van der Waals surface area contributed by atoms with Gasteiger partial charge in [0.1, 0.15) is 0 Å². The Labute approximate surface area is 171 Å². The van der Waals surface area contributed by atoms with E-state index in [1.807, 2.05) is 0 Å². The van der Waals surface area contributed by atoms with Crippen LogP contribution in [-0.2, 0) is 12.8 Å². The SMILES string of the molecule is c1ccc2c(c1)CCN[C@@H]2Cc1cccc2c1ccc1c3ccccc3ccc21. The molecule has 1 heterocycles. The van der Waals surface area contributed by atoms with Crippen LogP contribution in [0.1, 0.15) is 22.7 Å². The Hall–Kier alpha value is -3.16. The predicted molar refractivity (Wildman–Crippen MR) is 124 cm³/mol. The Balaban J connectivity index is 1.50. The van der Waals surface area contributed by atoms with E-state index in [0.717, 1.165) is 19.4 Å². The van der Waals surface area contributed by atoms with Crippen molar-refractivity contribution in [3.05, 3.63) is 108 Å². The average molecular weight is 373 g/mol. The van der Waals surface area contributed by atoms with Gasteiger partial charge in [-0.1, -0.05) is 91.0 Å². The van der Waals surface area contributed by atoms with Crippen molar-refractivity contribution >= 4 is 32.3 Å². The Kier molecular flexibility index (Phi) is 3.88. The lowest BCUT2D eigenvalue weighted by Gasteiger charge is -2.27. The zero-order valence-corrected chi connectivity index (χ0v) is 16.4. The molecule has 0 radical (unpaired) electrons. The van der Waals surface area contributed by atoms with Crippen LogP contribution in [0.3, 0.4) is 0 Å². The van der Waals surface area contributed by atoms with Gasteiger partial charge in [0, 0.05) is 6.04 Å². The number of hydrogen-bond acceptors (Lipinski definition) is 1. The van der Waals surface area contributed by atoms with Crippen LogP contribution in [0.5, 0.6) is 0 Å². The van der Waals surface area contributed by atoms with E-state index in [-0.39, 0.29) is 0 Å². The van der Waals surface area contributed by atoms with Gasteiger partial charge >= 0.3 is 0 Å². The molecule has 6 rings (SSSR count).